The second-order valence-electron chi connectivity index (χ2n) is 4.32. The highest BCUT2D eigenvalue weighted by Crippen LogP contribution is 2.36. The molecule has 0 saturated carbocycles. The fraction of sp³-hybridized carbons (Fsp3) is 0.357. The van der Waals surface area contributed by atoms with Gasteiger partial charge in [0, 0.05) is 11.1 Å². The van der Waals surface area contributed by atoms with Crippen molar-refractivity contribution in [3.05, 3.63) is 28.9 Å². The average Bonchev–Trinajstić information content (AvgIpc) is 2.77. The van der Waals surface area contributed by atoms with Crippen LogP contribution in [0.2, 0.25) is 0 Å². The van der Waals surface area contributed by atoms with Gasteiger partial charge in [-0.15, -0.1) is 11.3 Å². The molecular weight excluding hydrogens is 308 g/mol. The average molecular weight is 324 g/mol. The lowest BCUT2D eigenvalue weighted by atomic mass is 10.3. The van der Waals surface area contributed by atoms with Crippen molar-refractivity contribution < 1.29 is 14.6 Å². The highest BCUT2D eigenvalue weighted by molar-refractivity contribution is 8.01. The second-order valence-corrected chi connectivity index (χ2v) is 6.64. The summed E-state index contributed by atoms with van der Waals surface area (Å²) in [4.78, 5) is 20.3. The molecule has 2 rings (SSSR count). The summed E-state index contributed by atoms with van der Waals surface area (Å²) >= 11 is 2.80. The van der Waals surface area contributed by atoms with Gasteiger partial charge in [-0.3, -0.25) is 4.79 Å². The lowest BCUT2D eigenvalue weighted by Gasteiger charge is -2.07. The Morgan fingerprint density at radius 3 is 3.05 bits per heavy atom. The molecule has 0 aromatic carbocycles. The monoisotopic (exact) mass is 324 g/mol. The normalized spacial score (nSPS) is 10.6. The Morgan fingerprint density at radius 1 is 1.52 bits per heavy atom. The number of rotatable bonds is 7. The highest BCUT2D eigenvalue weighted by Gasteiger charge is 2.14. The van der Waals surface area contributed by atoms with Crippen molar-refractivity contribution in [2.45, 2.75) is 36.1 Å². The Bertz CT molecular complexity index is 628. The molecule has 0 unspecified atom stereocenters. The number of carbonyl (C=O) groups is 1. The van der Waals surface area contributed by atoms with Crippen LogP contribution in [0.15, 0.2) is 27.7 Å². The van der Waals surface area contributed by atoms with Crippen LogP contribution in [-0.2, 0) is 11.2 Å². The van der Waals surface area contributed by atoms with Gasteiger partial charge in [-0.2, -0.15) is 0 Å². The zero-order valence-corrected chi connectivity index (χ0v) is 13.5. The molecule has 1 N–H and O–H groups in total. The van der Waals surface area contributed by atoms with Crippen LogP contribution in [0.5, 0.6) is 5.75 Å². The maximum Gasteiger partial charge on any atom is 0.308 e. The first-order valence-electron chi connectivity index (χ1n) is 6.54. The standard InChI is InChI=1S/C14H16N2O3S2/c1-3-7-19-10-5-4-6-15-13(10)21-14-16-9(2)11(20-14)8-12(17)18/h4-6H,3,7-8H2,1-2H3,(H,17,18). The minimum absolute atomic E-state index is 0.00543. The van der Waals surface area contributed by atoms with E-state index in [1.165, 1.54) is 23.1 Å². The summed E-state index contributed by atoms with van der Waals surface area (Å²) in [6.45, 7) is 4.51. The van der Waals surface area contributed by atoms with Gasteiger partial charge in [-0.05, 0) is 37.2 Å². The van der Waals surface area contributed by atoms with E-state index in [1.807, 2.05) is 26.0 Å². The number of nitrogens with zero attached hydrogens (tertiary/aromatic N) is 2. The molecule has 0 fully saturated rings. The second kappa shape index (κ2) is 7.42. The molecule has 2 heterocycles. The first-order valence-corrected chi connectivity index (χ1v) is 8.17. The summed E-state index contributed by atoms with van der Waals surface area (Å²) in [5, 5.41) is 9.62. The molecule has 7 heteroatoms. The largest absolute Gasteiger partial charge is 0.491 e. The lowest BCUT2D eigenvalue weighted by molar-refractivity contribution is -0.136. The summed E-state index contributed by atoms with van der Waals surface area (Å²) in [7, 11) is 0. The number of carboxylic acid groups (broad SMARTS) is 1. The molecule has 0 aliphatic heterocycles. The molecule has 2 aromatic rings. The Morgan fingerprint density at radius 2 is 2.33 bits per heavy atom. The lowest BCUT2D eigenvalue weighted by Crippen LogP contribution is -1.99. The molecule has 0 amide bonds. The fourth-order valence-electron chi connectivity index (χ4n) is 1.60. The number of hydrogen-bond acceptors (Lipinski definition) is 6. The number of carboxylic acids is 1. The van der Waals surface area contributed by atoms with Crippen LogP contribution in [0.25, 0.3) is 0 Å². The maximum absolute atomic E-state index is 10.8. The fourth-order valence-corrected chi connectivity index (χ4v) is 3.78. The van der Waals surface area contributed by atoms with Crippen molar-refractivity contribution in [3.63, 3.8) is 0 Å². The summed E-state index contributed by atoms with van der Waals surface area (Å²) < 4.78 is 6.44. The van der Waals surface area contributed by atoms with Crippen LogP contribution >= 0.6 is 23.1 Å². The molecule has 0 radical (unpaired) electrons. The van der Waals surface area contributed by atoms with Crippen molar-refractivity contribution in [1.82, 2.24) is 9.97 Å². The molecule has 0 atom stereocenters. The number of aliphatic carboxylic acids is 1. The molecule has 0 aliphatic rings. The van der Waals surface area contributed by atoms with Gasteiger partial charge in [0.05, 0.1) is 18.7 Å². The van der Waals surface area contributed by atoms with Crippen LogP contribution < -0.4 is 4.74 Å². The Balaban J connectivity index is 2.16. The molecule has 2 aromatic heterocycles. The summed E-state index contributed by atoms with van der Waals surface area (Å²) in [5.74, 6) is -0.111. The van der Waals surface area contributed by atoms with Crippen LogP contribution in [-0.4, -0.2) is 27.7 Å². The number of aryl methyl sites for hydroxylation is 1. The molecular formula is C14H16N2O3S2. The minimum atomic E-state index is -0.844. The molecule has 0 spiro atoms. The third-order valence-electron chi connectivity index (χ3n) is 2.57. The third kappa shape index (κ3) is 4.44. The van der Waals surface area contributed by atoms with E-state index in [-0.39, 0.29) is 6.42 Å². The zero-order chi connectivity index (χ0) is 15.2. The van der Waals surface area contributed by atoms with Gasteiger partial charge in [0.1, 0.15) is 5.03 Å². The van der Waals surface area contributed by atoms with Gasteiger partial charge in [-0.1, -0.05) is 6.92 Å². The van der Waals surface area contributed by atoms with Gasteiger partial charge in [0.15, 0.2) is 10.1 Å². The molecule has 0 saturated heterocycles. The van der Waals surface area contributed by atoms with Gasteiger partial charge in [0.2, 0.25) is 0 Å². The van der Waals surface area contributed by atoms with Crippen molar-refractivity contribution in [3.8, 4) is 5.75 Å². The molecule has 0 aliphatic carbocycles. The van der Waals surface area contributed by atoms with E-state index in [9.17, 15) is 4.79 Å². The van der Waals surface area contributed by atoms with Gasteiger partial charge in [0.25, 0.3) is 0 Å². The van der Waals surface area contributed by atoms with Crippen molar-refractivity contribution in [2.24, 2.45) is 0 Å². The number of thiazole rings is 1. The van der Waals surface area contributed by atoms with E-state index in [4.69, 9.17) is 9.84 Å². The predicted octanol–water partition coefficient (Wildman–Crippen LogP) is 3.41. The Labute approximate surface area is 131 Å². The van der Waals surface area contributed by atoms with E-state index < -0.39 is 5.97 Å². The predicted molar refractivity (Wildman–Crippen MR) is 82.3 cm³/mol. The summed E-state index contributed by atoms with van der Waals surface area (Å²) in [6, 6.07) is 3.71. The molecule has 21 heavy (non-hydrogen) atoms. The van der Waals surface area contributed by atoms with Gasteiger partial charge >= 0.3 is 5.97 Å². The number of hydrogen-bond donors (Lipinski definition) is 1. The van der Waals surface area contributed by atoms with E-state index in [0.29, 0.717) is 6.61 Å². The smallest absolute Gasteiger partial charge is 0.308 e. The first kappa shape index (κ1) is 15.8. The highest BCUT2D eigenvalue weighted by atomic mass is 32.2. The van der Waals surface area contributed by atoms with Gasteiger partial charge in [-0.25, -0.2) is 9.97 Å². The molecule has 5 nitrogen and oxygen atoms in total. The summed E-state index contributed by atoms with van der Waals surface area (Å²) in [6.07, 6.45) is 2.64. The quantitative estimate of drug-likeness (QED) is 0.841. The molecule has 112 valence electrons. The van der Waals surface area contributed by atoms with Crippen molar-refractivity contribution in [1.29, 1.82) is 0 Å². The van der Waals surface area contributed by atoms with E-state index in [1.54, 1.807) is 6.20 Å². The van der Waals surface area contributed by atoms with Crippen LogP contribution in [0.4, 0.5) is 0 Å². The first-order chi connectivity index (χ1) is 10.1. The number of aromatic nitrogens is 2. The van der Waals surface area contributed by atoms with Crippen molar-refractivity contribution in [2.75, 3.05) is 6.61 Å². The van der Waals surface area contributed by atoms with E-state index in [0.717, 1.165) is 32.1 Å². The maximum atomic E-state index is 10.8. The van der Waals surface area contributed by atoms with Crippen molar-refractivity contribution >= 4 is 29.1 Å². The minimum Gasteiger partial charge on any atom is -0.491 e. The van der Waals surface area contributed by atoms with Crippen LogP contribution in [0, 0.1) is 6.92 Å². The summed E-state index contributed by atoms with van der Waals surface area (Å²) in [5.41, 5.74) is 0.761. The zero-order valence-electron chi connectivity index (χ0n) is 11.8. The molecule has 0 bridgehead atoms. The Hall–Kier alpha value is -1.60. The number of ether oxygens (including phenoxy) is 1. The van der Waals surface area contributed by atoms with Crippen LogP contribution in [0.1, 0.15) is 23.9 Å². The van der Waals surface area contributed by atoms with Gasteiger partial charge < -0.3 is 9.84 Å². The third-order valence-corrected chi connectivity index (χ3v) is 4.78. The Kier molecular flexibility index (Phi) is 5.58. The van der Waals surface area contributed by atoms with Crippen LogP contribution in [0.3, 0.4) is 0 Å². The topological polar surface area (TPSA) is 72.3 Å². The number of pyridine rings is 1. The SMILES string of the molecule is CCCOc1cccnc1Sc1nc(C)c(CC(=O)O)s1. The van der Waals surface area contributed by atoms with E-state index >= 15 is 0 Å². The van der Waals surface area contributed by atoms with E-state index in [2.05, 4.69) is 9.97 Å².